The van der Waals surface area contributed by atoms with Crippen molar-refractivity contribution in [2.75, 3.05) is 13.2 Å². The van der Waals surface area contributed by atoms with Crippen LogP contribution >= 0.6 is 0 Å². The third-order valence-electron chi connectivity index (χ3n) is 5.18. The van der Waals surface area contributed by atoms with Crippen molar-refractivity contribution >= 4 is 21.1 Å². The summed E-state index contributed by atoms with van der Waals surface area (Å²) in [4.78, 5) is 34.8. The fourth-order valence-corrected chi connectivity index (χ4v) is 4.36. The summed E-state index contributed by atoms with van der Waals surface area (Å²) in [5.74, 6) is 0.182. The molecule has 2 aromatic carbocycles. The molecule has 0 fully saturated rings. The highest BCUT2D eigenvalue weighted by Gasteiger charge is 2.19. The van der Waals surface area contributed by atoms with Gasteiger partial charge in [-0.15, -0.1) is 0 Å². The predicted molar refractivity (Wildman–Crippen MR) is 120 cm³/mol. The summed E-state index contributed by atoms with van der Waals surface area (Å²) >= 11 is 0. The summed E-state index contributed by atoms with van der Waals surface area (Å²) in [6.07, 6.45) is 0. The number of aromatic nitrogens is 4. The van der Waals surface area contributed by atoms with E-state index in [0.29, 0.717) is 18.6 Å². The highest BCUT2D eigenvalue weighted by molar-refractivity contribution is 7.89. The molecule has 32 heavy (non-hydrogen) atoms. The van der Waals surface area contributed by atoms with Crippen LogP contribution in [0.25, 0.3) is 22.6 Å². The maximum atomic E-state index is 12.3. The Morgan fingerprint density at radius 2 is 1.75 bits per heavy atom. The molecule has 3 N–H and O–H groups in total. The molecule has 11 heteroatoms. The van der Waals surface area contributed by atoms with Crippen LogP contribution < -0.4 is 21.3 Å². The zero-order chi connectivity index (χ0) is 22.9. The van der Waals surface area contributed by atoms with Gasteiger partial charge in [-0.2, -0.15) is 9.71 Å². The van der Waals surface area contributed by atoms with E-state index in [-0.39, 0.29) is 23.1 Å². The van der Waals surface area contributed by atoms with Crippen molar-refractivity contribution in [3.8, 4) is 11.5 Å². The number of H-pyrrole nitrogens is 1. The van der Waals surface area contributed by atoms with Crippen LogP contribution in [0, 0.1) is 13.8 Å². The summed E-state index contributed by atoms with van der Waals surface area (Å²) in [6.45, 7) is 4.61. The van der Waals surface area contributed by atoms with Crippen LogP contribution in [0.15, 0.2) is 56.9 Å². The molecular weight excluding hydrogens is 432 g/mol. The Hall–Kier alpha value is -3.41. The zero-order valence-corrected chi connectivity index (χ0v) is 18.4. The summed E-state index contributed by atoms with van der Waals surface area (Å²) in [6, 6.07) is 11.9. The quantitative estimate of drug-likeness (QED) is 0.212. The second kappa shape index (κ2) is 8.61. The van der Waals surface area contributed by atoms with Crippen LogP contribution in [-0.4, -0.2) is 41.2 Å². The van der Waals surface area contributed by atoms with Crippen LogP contribution in [-0.2, 0) is 16.6 Å². The Bertz CT molecular complexity index is 1480. The Morgan fingerprint density at radius 1 is 1.03 bits per heavy atom. The molecule has 0 aliphatic carbocycles. The molecule has 0 saturated carbocycles. The number of nitrogens with zero attached hydrogens (tertiary/aromatic N) is 3. The minimum atomic E-state index is -3.62. The topological polar surface area (TPSA) is 139 Å². The molecule has 2 aliphatic rings. The van der Waals surface area contributed by atoms with E-state index in [1.807, 2.05) is 26.0 Å². The smallest absolute Gasteiger partial charge is 0.321 e. The molecule has 0 unspecified atom stereocenters. The van der Waals surface area contributed by atoms with E-state index in [9.17, 15) is 18.0 Å². The molecule has 2 aromatic rings. The summed E-state index contributed by atoms with van der Waals surface area (Å²) in [5.41, 5.74) is 2.12. The van der Waals surface area contributed by atoms with Gasteiger partial charge < -0.3 is 9.88 Å². The number of hydrogen-bond acceptors (Lipinski definition) is 7. The third kappa shape index (κ3) is 4.31. The lowest BCUT2D eigenvalue weighted by Gasteiger charge is -2.18. The first-order chi connectivity index (χ1) is 15.3. The van der Waals surface area contributed by atoms with E-state index < -0.39 is 21.3 Å². The lowest BCUT2D eigenvalue weighted by Crippen LogP contribution is -2.36. The molecule has 166 valence electrons. The van der Waals surface area contributed by atoms with Crippen molar-refractivity contribution in [2.45, 2.75) is 25.3 Å². The highest BCUT2D eigenvalue weighted by atomic mass is 32.2. The van der Waals surface area contributed by atoms with Gasteiger partial charge in [-0.3, -0.25) is 9.78 Å². The number of benzene rings is 2. The normalized spacial score (nSPS) is 11.9. The molecule has 0 atom stereocenters. The van der Waals surface area contributed by atoms with Crippen LogP contribution in [0.4, 0.5) is 0 Å². The van der Waals surface area contributed by atoms with Crippen LogP contribution in [0.2, 0.25) is 0 Å². The summed E-state index contributed by atoms with van der Waals surface area (Å²) < 4.78 is 28.9. The highest BCUT2D eigenvalue weighted by Crippen LogP contribution is 2.23. The molecule has 0 aromatic heterocycles. The maximum absolute atomic E-state index is 12.3. The van der Waals surface area contributed by atoms with E-state index in [1.54, 1.807) is 22.8 Å². The number of fused-ring (bicyclic) bond motifs is 2. The number of hydrogen-bond donors (Lipinski definition) is 3. The number of nitrogens with one attached hydrogen (secondary N) is 3. The van der Waals surface area contributed by atoms with Crippen LogP contribution in [0.3, 0.4) is 0 Å². The van der Waals surface area contributed by atoms with Crippen molar-refractivity contribution in [1.82, 2.24) is 29.6 Å². The Morgan fingerprint density at radius 3 is 2.50 bits per heavy atom. The van der Waals surface area contributed by atoms with Gasteiger partial charge in [-0.25, -0.2) is 18.2 Å². The molecule has 0 radical (unpaired) electrons. The van der Waals surface area contributed by atoms with E-state index >= 15 is 0 Å². The van der Waals surface area contributed by atoms with Gasteiger partial charge in [0.1, 0.15) is 0 Å². The van der Waals surface area contributed by atoms with Crippen molar-refractivity contribution in [1.29, 1.82) is 0 Å². The van der Waals surface area contributed by atoms with E-state index in [0.717, 1.165) is 16.6 Å². The largest absolute Gasteiger partial charge is 0.349 e. The summed E-state index contributed by atoms with van der Waals surface area (Å²) in [7, 11) is -3.62. The first kappa shape index (κ1) is 21.8. The minimum Gasteiger partial charge on any atom is -0.321 e. The Kier molecular flexibility index (Phi) is 5.87. The molecule has 0 amide bonds. The number of rotatable bonds is 7. The Balaban J connectivity index is 1.58. The molecule has 0 saturated heterocycles. The van der Waals surface area contributed by atoms with Crippen molar-refractivity contribution < 1.29 is 8.42 Å². The molecule has 4 rings (SSSR count). The third-order valence-corrected chi connectivity index (χ3v) is 6.59. The van der Waals surface area contributed by atoms with Crippen LogP contribution in [0.5, 0.6) is 0 Å². The van der Waals surface area contributed by atoms with Gasteiger partial charge in [-0.1, -0.05) is 18.2 Å². The molecule has 0 bridgehead atoms. The first-order valence-corrected chi connectivity index (χ1v) is 11.4. The molecular formula is C21H22N6O4S. The monoisotopic (exact) mass is 454 g/mol. The lowest BCUT2D eigenvalue weighted by molar-refractivity contribution is 0.557. The first-order valence-electron chi connectivity index (χ1n) is 9.93. The maximum Gasteiger partial charge on any atom is 0.349 e. The number of sulfonamides is 1. The fourth-order valence-electron chi connectivity index (χ4n) is 3.38. The lowest BCUT2D eigenvalue weighted by atomic mass is 10.1. The van der Waals surface area contributed by atoms with E-state index in [4.69, 9.17) is 0 Å². The SMILES string of the molecule is Cc1cc2nc3c(=O)[nH]c(=O)nc-3n(CCNCNS(=O)(=O)c3ccccc3)c2cc1C. The zero-order valence-electron chi connectivity index (χ0n) is 17.5. The van der Waals surface area contributed by atoms with E-state index in [2.05, 4.69) is 25.0 Å². The van der Waals surface area contributed by atoms with Gasteiger partial charge in [-0.05, 0) is 49.2 Å². The standard InChI is InChI=1S/C21H22N6O4S/c1-13-10-16-17(11-14(13)2)27(19-18(24-16)20(28)26-21(29)25-19)9-8-22-12-23-32(30,31)15-6-4-3-5-7-15/h3-7,10-11,22-23H,8-9,12H2,1-2H3,(H,26,28,29). The predicted octanol–water partition coefficient (Wildman–Crippen LogP) is 0.727. The fraction of sp³-hybridized carbons (Fsp3) is 0.238. The second-order valence-electron chi connectivity index (χ2n) is 7.37. The van der Waals surface area contributed by atoms with Gasteiger partial charge in [0, 0.05) is 13.1 Å². The molecule has 10 nitrogen and oxygen atoms in total. The Labute approximate surface area is 183 Å². The second-order valence-corrected chi connectivity index (χ2v) is 9.14. The van der Waals surface area contributed by atoms with Crippen LogP contribution in [0.1, 0.15) is 11.1 Å². The number of aromatic amines is 1. The average Bonchev–Trinajstić information content (AvgIpc) is 2.75. The van der Waals surface area contributed by atoms with E-state index in [1.165, 1.54) is 12.1 Å². The van der Waals surface area contributed by atoms with Gasteiger partial charge in [0.2, 0.25) is 10.0 Å². The van der Waals surface area contributed by atoms with Gasteiger partial charge in [0.05, 0.1) is 22.6 Å². The minimum absolute atomic E-state index is 0.0116. The van der Waals surface area contributed by atoms with Gasteiger partial charge in [0.15, 0.2) is 11.5 Å². The molecule has 2 heterocycles. The molecule has 2 aliphatic heterocycles. The van der Waals surface area contributed by atoms with Crippen molar-refractivity contribution in [3.05, 3.63) is 74.4 Å². The number of aryl methyl sites for hydroxylation is 2. The van der Waals surface area contributed by atoms with Crippen molar-refractivity contribution in [2.24, 2.45) is 0 Å². The molecule has 0 spiro atoms. The van der Waals surface area contributed by atoms with Gasteiger partial charge in [0.25, 0.3) is 5.56 Å². The average molecular weight is 455 g/mol. The summed E-state index contributed by atoms with van der Waals surface area (Å²) in [5, 5.41) is 3.02. The van der Waals surface area contributed by atoms with Gasteiger partial charge >= 0.3 is 5.69 Å². The van der Waals surface area contributed by atoms with Crippen molar-refractivity contribution in [3.63, 3.8) is 0 Å².